The number of aromatic nitrogens is 1. The van der Waals surface area contributed by atoms with Gasteiger partial charge in [0.2, 0.25) is 0 Å². The van der Waals surface area contributed by atoms with Crippen molar-refractivity contribution < 1.29 is 0 Å². The van der Waals surface area contributed by atoms with Gasteiger partial charge in [-0.3, -0.25) is 9.98 Å². The third-order valence-corrected chi connectivity index (χ3v) is 1.55. The SMILES string of the molecule is Cc1cc(CN=CN(C)C)ccn1. The number of nitrogens with zero attached hydrogens (tertiary/aromatic N) is 3. The second kappa shape index (κ2) is 4.60. The van der Waals surface area contributed by atoms with Gasteiger partial charge in [-0.05, 0) is 24.6 Å². The molecule has 0 unspecified atom stereocenters. The molecule has 0 aliphatic rings. The molecule has 0 aliphatic carbocycles. The van der Waals surface area contributed by atoms with Crippen LogP contribution in [0.4, 0.5) is 0 Å². The second-order valence-electron chi connectivity index (χ2n) is 3.23. The Morgan fingerprint density at radius 1 is 1.54 bits per heavy atom. The van der Waals surface area contributed by atoms with Crippen molar-refractivity contribution in [3.8, 4) is 0 Å². The van der Waals surface area contributed by atoms with Crippen LogP contribution in [0.15, 0.2) is 23.3 Å². The maximum absolute atomic E-state index is 4.26. The quantitative estimate of drug-likeness (QED) is 0.517. The van der Waals surface area contributed by atoms with Gasteiger partial charge in [-0.25, -0.2) is 0 Å². The second-order valence-corrected chi connectivity index (χ2v) is 3.23. The molecule has 0 aromatic carbocycles. The molecule has 0 saturated carbocycles. The van der Waals surface area contributed by atoms with Gasteiger partial charge < -0.3 is 4.90 Å². The Hall–Kier alpha value is -1.38. The average molecular weight is 177 g/mol. The van der Waals surface area contributed by atoms with Crippen LogP contribution in [0.25, 0.3) is 0 Å². The van der Waals surface area contributed by atoms with Gasteiger partial charge in [0.25, 0.3) is 0 Å². The van der Waals surface area contributed by atoms with Crippen LogP contribution in [-0.2, 0) is 6.54 Å². The Bertz CT molecular complexity index is 292. The number of pyridine rings is 1. The highest BCUT2D eigenvalue weighted by Crippen LogP contribution is 2.01. The summed E-state index contributed by atoms with van der Waals surface area (Å²) in [7, 11) is 3.92. The Balaban J connectivity index is 2.55. The smallest absolute Gasteiger partial charge is 0.0848 e. The molecular weight excluding hydrogens is 162 g/mol. The highest BCUT2D eigenvalue weighted by molar-refractivity contribution is 5.53. The van der Waals surface area contributed by atoms with E-state index in [2.05, 4.69) is 9.98 Å². The summed E-state index contributed by atoms with van der Waals surface area (Å²) in [5.74, 6) is 0. The van der Waals surface area contributed by atoms with Crippen LogP contribution >= 0.6 is 0 Å². The van der Waals surface area contributed by atoms with Gasteiger partial charge in [0, 0.05) is 26.0 Å². The lowest BCUT2D eigenvalue weighted by Crippen LogP contribution is -2.07. The van der Waals surface area contributed by atoms with Gasteiger partial charge in [0.1, 0.15) is 0 Å². The van der Waals surface area contributed by atoms with E-state index < -0.39 is 0 Å². The number of hydrogen-bond acceptors (Lipinski definition) is 2. The zero-order chi connectivity index (χ0) is 9.68. The molecule has 0 fully saturated rings. The van der Waals surface area contributed by atoms with Crippen LogP contribution in [0, 0.1) is 6.92 Å². The van der Waals surface area contributed by atoms with Gasteiger partial charge in [-0.2, -0.15) is 0 Å². The van der Waals surface area contributed by atoms with Crippen molar-refractivity contribution in [2.24, 2.45) is 4.99 Å². The fourth-order valence-electron chi connectivity index (χ4n) is 1.01. The summed E-state index contributed by atoms with van der Waals surface area (Å²) in [5, 5.41) is 0. The molecule has 0 N–H and O–H groups in total. The van der Waals surface area contributed by atoms with E-state index in [4.69, 9.17) is 0 Å². The van der Waals surface area contributed by atoms with Gasteiger partial charge >= 0.3 is 0 Å². The first-order valence-corrected chi connectivity index (χ1v) is 4.26. The zero-order valence-electron chi connectivity index (χ0n) is 8.36. The van der Waals surface area contributed by atoms with Crippen molar-refractivity contribution in [1.29, 1.82) is 0 Å². The van der Waals surface area contributed by atoms with Crippen LogP contribution in [0.5, 0.6) is 0 Å². The van der Waals surface area contributed by atoms with Crippen LogP contribution < -0.4 is 0 Å². The van der Waals surface area contributed by atoms with E-state index in [-0.39, 0.29) is 0 Å². The van der Waals surface area contributed by atoms with E-state index >= 15 is 0 Å². The third kappa shape index (κ3) is 3.69. The molecule has 0 spiro atoms. The highest BCUT2D eigenvalue weighted by Gasteiger charge is 1.90. The van der Waals surface area contributed by atoms with Gasteiger partial charge in [0.05, 0.1) is 12.9 Å². The average Bonchev–Trinajstić information content (AvgIpc) is 2.03. The molecule has 3 heteroatoms. The summed E-state index contributed by atoms with van der Waals surface area (Å²) in [6, 6.07) is 4.03. The molecule has 1 aromatic rings. The topological polar surface area (TPSA) is 28.5 Å². The van der Waals surface area contributed by atoms with Gasteiger partial charge in [0.15, 0.2) is 0 Å². The molecule has 0 amide bonds. The number of hydrogen-bond donors (Lipinski definition) is 0. The van der Waals surface area contributed by atoms with E-state index in [0.717, 1.165) is 12.2 Å². The first kappa shape index (κ1) is 9.71. The maximum atomic E-state index is 4.26. The fraction of sp³-hybridized carbons (Fsp3) is 0.400. The normalized spacial score (nSPS) is 10.7. The number of rotatable bonds is 3. The minimum atomic E-state index is 0.724. The molecule has 3 nitrogen and oxygen atoms in total. The van der Waals surface area contributed by atoms with Crippen molar-refractivity contribution in [2.45, 2.75) is 13.5 Å². The monoisotopic (exact) mass is 177 g/mol. The molecule has 1 heterocycles. The maximum Gasteiger partial charge on any atom is 0.0848 e. The summed E-state index contributed by atoms with van der Waals surface area (Å²) >= 11 is 0. The summed E-state index contributed by atoms with van der Waals surface area (Å²) in [6.07, 6.45) is 3.63. The molecule has 1 rings (SSSR count). The zero-order valence-corrected chi connectivity index (χ0v) is 8.36. The summed E-state index contributed by atoms with van der Waals surface area (Å²) in [5.41, 5.74) is 2.24. The van der Waals surface area contributed by atoms with E-state index in [1.807, 2.05) is 50.6 Å². The lowest BCUT2D eigenvalue weighted by Gasteiger charge is -2.02. The van der Waals surface area contributed by atoms with Crippen molar-refractivity contribution >= 4 is 6.34 Å². The van der Waals surface area contributed by atoms with Gasteiger partial charge in [-0.1, -0.05) is 0 Å². The summed E-state index contributed by atoms with van der Waals surface area (Å²) < 4.78 is 0. The Morgan fingerprint density at radius 2 is 2.31 bits per heavy atom. The molecule has 1 aromatic heterocycles. The molecule has 0 atom stereocenters. The molecule has 70 valence electrons. The van der Waals surface area contributed by atoms with Crippen LogP contribution in [0.2, 0.25) is 0 Å². The Kier molecular flexibility index (Phi) is 3.43. The Morgan fingerprint density at radius 3 is 2.92 bits per heavy atom. The standard InChI is InChI=1S/C10H15N3/c1-9-6-10(4-5-12-9)7-11-8-13(2)3/h4-6,8H,7H2,1-3H3. The molecule has 13 heavy (non-hydrogen) atoms. The summed E-state index contributed by atoms with van der Waals surface area (Å²) in [6.45, 7) is 2.71. The van der Waals surface area contributed by atoms with Crippen molar-refractivity contribution in [2.75, 3.05) is 14.1 Å². The van der Waals surface area contributed by atoms with Crippen LogP contribution in [0.1, 0.15) is 11.3 Å². The lowest BCUT2D eigenvalue weighted by molar-refractivity contribution is 0.638. The fourth-order valence-corrected chi connectivity index (χ4v) is 1.01. The van der Waals surface area contributed by atoms with Crippen LogP contribution in [0.3, 0.4) is 0 Å². The molecular formula is C10H15N3. The minimum absolute atomic E-state index is 0.724. The molecule has 0 saturated heterocycles. The first-order valence-electron chi connectivity index (χ1n) is 4.26. The predicted octanol–water partition coefficient (Wildman–Crippen LogP) is 1.48. The van der Waals surface area contributed by atoms with E-state index in [9.17, 15) is 0 Å². The minimum Gasteiger partial charge on any atom is -0.369 e. The highest BCUT2D eigenvalue weighted by atomic mass is 15.1. The number of aryl methyl sites for hydroxylation is 1. The first-order chi connectivity index (χ1) is 6.18. The third-order valence-electron chi connectivity index (χ3n) is 1.55. The van der Waals surface area contributed by atoms with E-state index in [0.29, 0.717) is 0 Å². The molecule has 0 radical (unpaired) electrons. The Labute approximate surface area is 79.1 Å². The molecule has 0 aliphatic heterocycles. The lowest BCUT2D eigenvalue weighted by atomic mass is 10.2. The van der Waals surface area contributed by atoms with E-state index in [1.165, 1.54) is 5.56 Å². The van der Waals surface area contributed by atoms with Gasteiger partial charge in [-0.15, -0.1) is 0 Å². The van der Waals surface area contributed by atoms with Crippen molar-refractivity contribution in [3.05, 3.63) is 29.6 Å². The largest absolute Gasteiger partial charge is 0.369 e. The number of aliphatic imine (C=N–C) groups is 1. The van der Waals surface area contributed by atoms with Crippen molar-refractivity contribution in [1.82, 2.24) is 9.88 Å². The van der Waals surface area contributed by atoms with E-state index in [1.54, 1.807) is 0 Å². The molecule has 0 bridgehead atoms. The van der Waals surface area contributed by atoms with Crippen LogP contribution in [-0.4, -0.2) is 30.3 Å². The summed E-state index contributed by atoms with van der Waals surface area (Å²) in [4.78, 5) is 10.3. The van der Waals surface area contributed by atoms with Crippen molar-refractivity contribution in [3.63, 3.8) is 0 Å². The predicted molar refractivity (Wildman–Crippen MR) is 54.9 cm³/mol.